The van der Waals surface area contributed by atoms with E-state index in [1.165, 1.54) is 6.21 Å². The van der Waals surface area contributed by atoms with Crippen molar-refractivity contribution in [3.63, 3.8) is 0 Å². The van der Waals surface area contributed by atoms with Crippen LogP contribution in [0.4, 0.5) is 0 Å². The summed E-state index contributed by atoms with van der Waals surface area (Å²) in [4.78, 5) is 0. The van der Waals surface area contributed by atoms with Gasteiger partial charge in [0.1, 0.15) is 0 Å². The fourth-order valence-electron chi connectivity index (χ4n) is 0.656. The summed E-state index contributed by atoms with van der Waals surface area (Å²) in [5.74, 6) is 0. The van der Waals surface area contributed by atoms with Crippen molar-refractivity contribution in [2.45, 2.75) is 0 Å². The SMILES string of the molecule is ClON=Cc1ccccc1Cl. The number of hydrogen-bond acceptors (Lipinski definition) is 2. The second-order valence-electron chi connectivity index (χ2n) is 1.83. The summed E-state index contributed by atoms with van der Waals surface area (Å²) in [6.07, 6.45) is 1.44. The summed E-state index contributed by atoms with van der Waals surface area (Å²) in [7, 11) is 0. The Labute approximate surface area is 74.5 Å². The predicted molar refractivity (Wildman–Crippen MR) is 46.0 cm³/mol. The highest BCUT2D eigenvalue weighted by Gasteiger charge is 1.92. The number of halogens is 2. The molecule has 0 bridgehead atoms. The number of nitrogens with zero attached hydrogens (tertiary/aromatic N) is 1. The molecule has 0 amide bonds. The third-order valence-corrected chi connectivity index (χ3v) is 1.56. The highest BCUT2D eigenvalue weighted by molar-refractivity contribution is 6.33. The summed E-state index contributed by atoms with van der Waals surface area (Å²) in [6.45, 7) is 0. The van der Waals surface area contributed by atoms with Crippen LogP contribution in [0.15, 0.2) is 29.4 Å². The fourth-order valence-corrected chi connectivity index (χ4v) is 0.881. The van der Waals surface area contributed by atoms with Crippen LogP contribution in [0.2, 0.25) is 5.02 Å². The van der Waals surface area contributed by atoms with Gasteiger partial charge in [-0.2, -0.15) is 0 Å². The third kappa shape index (κ3) is 2.41. The molecule has 0 fully saturated rings. The van der Waals surface area contributed by atoms with Gasteiger partial charge in [0.15, 0.2) is 11.9 Å². The van der Waals surface area contributed by atoms with Crippen molar-refractivity contribution in [2.24, 2.45) is 5.16 Å². The van der Waals surface area contributed by atoms with E-state index in [-0.39, 0.29) is 0 Å². The van der Waals surface area contributed by atoms with Crippen molar-refractivity contribution in [2.75, 3.05) is 0 Å². The van der Waals surface area contributed by atoms with E-state index in [1.54, 1.807) is 6.07 Å². The van der Waals surface area contributed by atoms with E-state index in [0.29, 0.717) is 5.02 Å². The van der Waals surface area contributed by atoms with Gasteiger partial charge in [0.2, 0.25) is 0 Å². The molecule has 0 unspecified atom stereocenters. The van der Waals surface area contributed by atoms with Gasteiger partial charge in [0.25, 0.3) is 0 Å². The molecule has 0 N–H and O–H groups in total. The van der Waals surface area contributed by atoms with Gasteiger partial charge in [0, 0.05) is 10.6 Å². The predicted octanol–water partition coefficient (Wildman–Crippen LogP) is 2.84. The number of benzene rings is 1. The maximum atomic E-state index is 5.77. The molecule has 58 valence electrons. The molecule has 0 saturated carbocycles. The Morgan fingerprint density at radius 1 is 1.36 bits per heavy atom. The molecule has 0 spiro atoms. The van der Waals surface area contributed by atoms with Crippen molar-refractivity contribution in [3.8, 4) is 0 Å². The zero-order chi connectivity index (χ0) is 8.10. The minimum atomic E-state index is 0.616. The van der Waals surface area contributed by atoms with Crippen molar-refractivity contribution < 1.29 is 4.39 Å². The highest BCUT2D eigenvalue weighted by Crippen LogP contribution is 2.12. The van der Waals surface area contributed by atoms with E-state index in [2.05, 4.69) is 9.55 Å². The van der Waals surface area contributed by atoms with E-state index < -0.39 is 0 Å². The van der Waals surface area contributed by atoms with E-state index in [0.717, 1.165) is 5.56 Å². The Kier molecular flexibility index (Phi) is 3.20. The largest absolute Gasteiger partial charge is 0.277 e. The van der Waals surface area contributed by atoms with Crippen LogP contribution in [0.5, 0.6) is 0 Å². The van der Waals surface area contributed by atoms with Gasteiger partial charge >= 0.3 is 0 Å². The van der Waals surface area contributed by atoms with Crippen LogP contribution in [-0.2, 0) is 4.39 Å². The van der Waals surface area contributed by atoms with Gasteiger partial charge in [0.05, 0.1) is 6.21 Å². The van der Waals surface area contributed by atoms with Crippen molar-refractivity contribution in [3.05, 3.63) is 34.9 Å². The first-order valence-corrected chi connectivity index (χ1v) is 3.59. The van der Waals surface area contributed by atoms with Gasteiger partial charge in [-0.3, -0.25) is 4.39 Å². The van der Waals surface area contributed by atoms with Crippen LogP contribution in [0.3, 0.4) is 0 Å². The molecule has 11 heavy (non-hydrogen) atoms. The summed E-state index contributed by atoms with van der Waals surface area (Å²) in [6, 6.07) is 7.25. The van der Waals surface area contributed by atoms with Crippen molar-refractivity contribution in [1.82, 2.24) is 0 Å². The Morgan fingerprint density at radius 2 is 2.09 bits per heavy atom. The highest BCUT2D eigenvalue weighted by atomic mass is 35.5. The van der Waals surface area contributed by atoms with Crippen molar-refractivity contribution >= 4 is 29.7 Å². The lowest BCUT2D eigenvalue weighted by Crippen LogP contribution is -1.80. The zero-order valence-corrected chi connectivity index (χ0v) is 7.01. The minimum Gasteiger partial charge on any atom is -0.277 e. The van der Waals surface area contributed by atoms with Gasteiger partial charge in [-0.25, -0.2) is 0 Å². The van der Waals surface area contributed by atoms with E-state index in [9.17, 15) is 0 Å². The molecular formula is C7H5Cl2NO. The lowest BCUT2D eigenvalue weighted by Gasteiger charge is -1.93. The number of hydrogen-bond donors (Lipinski definition) is 0. The first-order chi connectivity index (χ1) is 5.34. The first kappa shape index (κ1) is 8.37. The maximum Gasteiger partial charge on any atom is 0.167 e. The van der Waals surface area contributed by atoms with Crippen LogP contribution in [0, 0.1) is 0 Å². The van der Waals surface area contributed by atoms with Gasteiger partial charge in [-0.05, 0) is 6.07 Å². The lowest BCUT2D eigenvalue weighted by atomic mass is 10.2. The third-order valence-electron chi connectivity index (χ3n) is 1.14. The zero-order valence-electron chi connectivity index (χ0n) is 5.50. The molecule has 0 aromatic heterocycles. The molecule has 2 nitrogen and oxygen atoms in total. The summed E-state index contributed by atoms with van der Waals surface area (Å²) in [5.41, 5.74) is 0.773. The van der Waals surface area contributed by atoms with Crippen molar-refractivity contribution in [1.29, 1.82) is 0 Å². The topological polar surface area (TPSA) is 21.6 Å². The summed E-state index contributed by atoms with van der Waals surface area (Å²) < 4.78 is 3.98. The van der Waals surface area contributed by atoms with E-state index >= 15 is 0 Å². The van der Waals surface area contributed by atoms with E-state index in [4.69, 9.17) is 23.5 Å². The quantitative estimate of drug-likeness (QED) is 0.518. The summed E-state index contributed by atoms with van der Waals surface area (Å²) >= 11 is 10.6. The molecule has 1 aromatic rings. The normalized spacial score (nSPS) is 10.4. The van der Waals surface area contributed by atoms with Crippen LogP contribution >= 0.6 is 23.5 Å². The first-order valence-electron chi connectivity index (χ1n) is 2.90. The van der Waals surface area contributed by atoms with Gasteiger partial charge in [-0.1, -0.05) is 35.0 Å². The molecule has 0 aliphatic heterocycles. The molecule has 1 aromatic carbocycles. The molecule has 0 aliphatic rings. The Bertz CT molecular complexity index is 262. The monoisotopic (exact) mass is 189 g/mol. The van der Waals surface area contributed by atoms with Crippen LogP contribution in [0.1, 0.15) is 5.56 Å². The minimum absolute atomic E-state index is 0.616. The summed E-state index contributed by atoms with van der Waals surface area (Å²) in [5, 5.41) is 3.97. The second kappa shape index (κ2) is 4.21. The van der Waals surface area contributed by atoms with Gasteiger partial charge < -0.3 is 0 Å². The Hall–Kier alpha value is -0.730. The maximum absolute atomic E-state index is 5.77. The molecule has 0 saturated heterocycles. The number of oxime groups is 1. The lowest BCUT2D eigenvalue weighted by molar-refractivity contribution is 0.383. The Morgan fingerprint density at radius 3 is 2.73 bits per heavy atom. The van der Waals surface area contributed by atoms with E-state index in [1.807, 2.05) is 18.2 Å². The molecule has 0 atom stereocenters. The second-order valence-corrected chi connectivity index (χ2v) is 2.37. The fraction of sp³-hybridized carbons (Fsp3) is 0. The van der Waals surface area contributed by atoms with Crippen LogP contribution in [-0.4, -0.2) is 6.21 Å². The number of rotatable bonds is 2. The molecule has 4 heteroatoms. The Balaban J connectivity index is 2.86. The molecule has 0 heterocycles. The molecular weight excluding hydrogens is 185 g/mol. The van der Waals surface area contributed by atoms with Gasteiger partial charge in [-0.15, -0.1) is 0 Å². The van der Waals surface area contributed by atoms with Crippen LogP contribution < -0.4 is 0 Å². The van der Waals surface area contributed by atoms with Crippen LogP contribution in [0.25, 0.3) is 0 Å². The molecule has 1 rings (SSSR count). The molecule has 0 radical (unpaired) electrons. The average molecular weight is 190 g/mol. The standard InChI is InChI=1S/C7H5Cl2NO/c8-7-4-2-1-3-6(7)5-10-11-9/h1-5H. The molecule has 0 aliphatic carbocycles. The smallest absolute Gasteiger partial charge is 0.167 e. The average Bonchev–Trinajstić information content (AvgIpc) is 2.03.